The van der Waals surface area contributed by atoms with Crippen LogP contribution in [-0.2, 0) is 11.2 Å². The van der Waals surface area contributed by atoms with Crippen molar-refractivity contribution in [2.24, 2.45) is 0 Å². The molecular formula is C24H25N3O3S. The van der Waals surface area contributed by atoms with Crippen LogP contribution in [0.25, 0.3) is 0 Å². The Morgan fingerprint density at radius 1 is 1.16 bits per heavy atom. The second-order valence-corrected chi connectivity index (χ2v) is 8.43. The van der Waals surface area contributed by atoms with Crippen LogP contribution in [0, 0.1) is 11.3 Å². The number of thioether (sulfide) groups is 1. The van der Waals surface area contributed by atoms with Gasteiger partial charge < -0.3 is 14.4 Å². The first-order chi connectivity index (χ1) is 15.1. The molecule has 2 heterocycles. The molecule has 0 aromatic heterocycles. The Kier molecular flexibility index (Phi) is 6.10. The highest BCUT2D eigenvalue weighted by molar-refractivity contribution is 8.03. The Bertz CT molecular complexity index is 1060. The van der Waals surface area contributed by atoms with Gasteiger partial charge in [-0.15, -0.1) is 0 Å². The van der Waals surface area contributed by atoms with Gasteiger partial charge >= 0.3 is 0 Å². The summed E-state index contributed by atoms with van der Waals surface area (Å²) in [5, 5.41) is 10.7. The summed E-state index contributed by atoms with van der Waals surface area (Å²) in [7, 11) is 3.24. The number of benzene rings is 2. The second-order valence-electron chi connectivity index (χ2n) is 7.50. The van der Waals surface area contributed by atoms with E-state index in [9.17, 15) is 10.1 Å². The number of ether oxygens (including phenoxy) is 2. The Balaban J connectivity index is 1.64. The first-order valence-corrected chi connectivity index (χ1v) is 11.2. The predicted octanol–water partition coefficient (Wildman–Crippen LogP) is 4.49. The molecule has 1 amide bonds. The van der Waals surface area contributed by atoms with E-state index >= 15 is 0 Å². The number of hydrogen-bond acceptors (Lipinski definition) is 6. The summed E-state index contributed by atoms with van der Waals surface area (Å²) < 4.78 is 10.8. The van der Waals surface area contributed by atoms with Crippen molar-refractivity contribution in [3.63, 3.8) is 0 Å². The third-order valence-electron chi connectivity index (χ3n) is 5.81. The van der Waals surface area contributed by atoms with Gasteiger partial charge in [0, 0.05) is 18.4 Å². The molecule has 2 aliphatic heterocycles. The van der Waals surface area contributed by atoms with Crippen molar-refractivity contribution in [1.82, 2.24) is 4.90 Å². The summed E-state index contributed by atoms with van der Waals surface area (Å²) in [5.41, 5.74) is 3.83. The number of carbonyl (C=O) groups excluding carboxylic acids is 1. The van der Waals surface area contributed by atoms with Gasteiger partial charge in [0.25, 0.3) is 0 Å². The maximum Gasteiger partial charge on any atom is 0.229 e. The van der Waals surface area contributed by atoms with E-state index in [1.807, 2.05) is 30.3 Å². The molecule has 0 bridgehead atoms. The number of hydrogen-bond donors (Lipinski definition) is 0. The van der Waals surface area contributed by atoms with Crippen LogP contribution in [0.3, 0.4) is 0 Å². The fourth-order valence-electron chi connectivity index (χ4n) is 4.03. The van der Waals surface area contributed by atoms with E-state index in [0.29, 0.717) is 36.0 Å². The van der Waals surface area contributed by atoms with Crippen molar-refractivity contribution in [3.05, 3.63) is 64.2 Å². The normalized spacial score (nSPS) is 18.5. The molecule has 1 atom stereocenters. The van der Waals surface area contributed by atoms with Gasteiger partial charge in [0.2, 0.25) is 5.91 Å². The van der Waals surface area contributed by atoms with E-state index < -0.39 is 0 Å². The number of amides is 1. The summed E-state index contributed by atoms with van der Waals surface area (Å²) in [6.45, 7) is 2.50. The quantitative estimate of drug-likeness (QED) is 0.690. The molecule has 1 saturated heterocycles. The van der Waals surface area contributed by atoms with Gasteiger partial charge in [0.1, 0.15) is 11.5 Å². The van der Waals surface area contributed by atoms with E-state index in [0.717, 1.165) is 22.7 Å². The van der Waals surface area contributed by atoms with Gasteiger partial charge in [0.15, 0.2) is 0 Å². The fourth-order valence-corrected chi connectivity index (χ4v) is 5.19. The molecule has 6 nitrogen and oxygen atoms in total. The van der Waals surface area contributed by atoms with E-state index in [4.69, 9.17) is 9.47 Å². The number of fused-ring (bicyclic) bond motifs is 1. The SMILES string of the molecule is CCc1ccc([C@@H]2CC(=O)N3CN(c4ccc(OC)cc4OC)CSC3=C2C#N)cc1. The average molecular weight is 436 g/mol. The zero-order valence-electron chi connectivity index (χ0n) is 17.9. The molecule has 160 valence electrons. The number of rotatable bonds is 5. The fraction of sp³-hybridized carbons (Fsp3) is 0.333. The van der Waals surface area contributed by atoms with Crippen LogP contribution >= 0.6 is 11.8 Å². The Hall–Kier alpha value is -3.11. The van der Waals surface area contributed by atoms with Crippen molar-refractivity contribution in [3.8, 4) is 17.6 Å². The highest BCUT2D eigenvalue weighted by Gasteiger charge is 2.38. The zero-order valence-corrected chi connectivity index (χ0v) is 18.7. The maximum atomic E-state index is 13.1. The van der Waals surface area contributed by atoms with Crippen molar-refractivity contribution < 1.29 is 14.3 Å². The van der Waals surface area contributed by atoms with Crippen LogP contribution in [0.15, 0.2) is 53.1 Å². The van der Waals surface area contributed by atoms with Gasteiger partial charge in [0.05, 0.1) is 49.1 Å². The number of anilines is 1. The first kappa shape index (κ1) is 21.1. The third kappa shape index (κ3) is 3.96. The molecule has 1 fully saturated rings. The molecule has 2 aromatic carbocycles. The van der Waals surface area contributed by atoms with Crippen molar-refractivity contribution in [1.29, 1.82) is 5.26 Å². The van der Waals surface area contributed by atoms with Gasteiger partial charge in [-0.05, 0) is 29.7 Å². The molecule has 0 unspecified atom stereocenters. The van der Waals surface area contributed by atoms with E-state index in [1.54, 1.807) is 19.1 Å². The number of nitriles is 1. The number of aryl methyl sites for hydroxylation is 1. The van der Waals surface area contributed by atoms with Crippen LogP contribution in [-0.4, -0.2) is 37.6 Å². The van der Waals surface area contributed by atoms with Crippen molar-refractivity contribution >= 4 is 23.4 Å². The Morgan fingerprint density at radius 3 is 2.58 bits per heavy atom. The monoisotopic (exact) mass is 435 g/mol. The minimum absolute atomic E-state index is 0.0308. The molecule has 31 heavy (non-hydrogen) atoms. The van der Waals surface area contributed by atoms with E-state index in [1.165, 1.54) is 17.3 Å². The van der Waals surface area contributed by atoms with Crippen LogP contribution in [0.1, 0.15) is 30.4 Å². The summed E-state index contributed by atoms with van der Waals surface area (Å²) in [6.07, 6.45) is 1.26. The smallest absolute Gasteiger partial charge is 0.229 e. The Labute approximate surface area is 187 Å². The molecule has 0 saturated carbocycles. The molecular weight excluding hydrogens is 410 g/mol. The Morgan fingerprint density at radius 2 is 1.94 bits per heavy atom. The lowest BCUT2D eigenvalue weighted by molar-refractivity contribution is -0.129. The number of carbonyl (C=O) groups is 1. The summed E-state index contributed by atoms with van der Waals surface area (Å²) in [5.74, 6) is 1.86. The molecule has 2 aliphatic rings. The number of allylic oxidation sites excluding steroid dienone is 1. The van der Waals surface area contributed by atoms with Gasteiger partial charge in [-0.2, -0.15) is 5.26 Å². The van der Waals surface area contributed by atoms with Crippen LogP contribution in [0.4, 0.5) is 5.69 Å². The first-order valence-electron chi connectivity index (χ1n) is 10.2. The second kappa shape index (κ2) is 8.94. The molecule has 7 heteroatoms. The number of nitrogens with zero attached hydrogens (tertiary/aromatic N) is 3. The van der Waals surface area contributed by atoms with Crippen LogP contribution < -0.4 is 14.4 Å². The molecule has 0 spiro atoms. The maximum absolute atomic E-state index is 13.1. The average Bonchev–Trinajstić information content (AvgIpc) is 2.83. The largest absolute Gasteiger partial charge is 0.497 e. The minimum atomic E-state index is -0.191. The van der Waals surface area contributed by atoms with E-state index in [-0.39, 0.29) is 11.8 Å². The number of methoxy groups -OCH3 is 2. The van der Waals surface area contributed by atoms with Crippen molar-refractivity contribution in [2.75, 3.05) is 31.7 Å². The standard InChI is InChI=1S/C24H25N3O3S/c1-4-16-5-7-17(8-6-16)19-12-23(28)27-14-26(15-31-24(27)20(19)13-25)21-10-9-18(29-2)11-22(21)30-3/h5-11,19H,4,12,14-15H2,1-3H3/t19-/m0/s1. The van der Waals surface area contributed by atoms with Crippen LogP contribution in [0.5, 0.6) is 11.5 Å². The molecule has 0 N–H and O–H groups in total. The summed E-state index contributed by atoms with van der Waals surface area (Å²) in [4.78, 5) is 16.9. The minimum Gasteiger partial charge on any atom is -0.497 e. The lowest BCUT2D eigenvalue weighted by Crippen LogP contribution is -2.47. The molecule has 0 aliphatic carbocycles. The molecule has 2 aromatic rings. The van der Waals surface area contributed by atoms with Gasteiger partial charge in [-0.25, -0.2) is 0 Å². The summed E-state index contributed by atoms with van der Waals surface area (Å²) >= 11 is 1.52. The highest BCUT2D eigenvalue weighted by Crippen LogP contribution is 2.44. The third-order valence-corrected chi connectivity index (χ3v) is 6.97. The van der Waals surface area contributed by atoms with Crippen molar-refractivity contribution in [2.45, 2.75) is 25.7 Å². The predicted molar refractivity (Wildman–Crippen MR) is 122 cm³/mol. The summed E-state index contributed by atoms with van der Waals surface area (Å²) in [6, 6.07) is 16.3. The van der Waals surface area contributed by atoms with Gasteiger partial charge in [-0.3, -0.25) is 9.69 Å². The molecule has 0 radical (unpaired) electrons. The lowest BCUT2D eigenvalue weighted by Gasteiger charge is -2.42. The van der Waals surface area contributed by atoms with E-state index in [2.05, 4.69) is 30.0 Å². The van der Waals surface area contributed by atoms with Gasteiger partial charge in [-0.1, -0.05) is 43.0 Å². The highest BCUT2D eigenvalue weighted by atomic mass is 32.2. The lowest BCUT2D eigenvalue weighted by atomic mass is 9.86. The van der Waals surface area contributed by atoms with Crippen LogP contribution in [0.2, 0.25) is 0 Å². The molecule has 4 rings (SSSR count). The topological polar surface area (TPSA) is 65.8 Å². The zero-order chi connectivity index (χ0) is 22.0.